The van der Waals surface area contributed by atoms with Crippen molar-refractivity contribution < 1.29 is 14.2 Å². The van der Waals surface area contributed by atoms with E-state index in [-0.39, 0.29) is 12.4 Å². The van der Waals surface area contributed by atoms with Gasteiger partial charge < -0.3 is 9.84 Å². The second-order valence-electron chi connectivity index (χ2n) is 4.15. The summed E-state index contributed by atoms with van der Waals surface area (Å²) in [6.07, 6.45) is 5.68. The molecule has 1 rings (SSSR count). The highest BCUT2D eigenvalue weighted by molar-refractivity contribution is 5.34. The molecule has 0 saturated heterocycles. The molecule has 0 aromatic heterocycles. The van der Waals surface area contributed by atoms with Crippen LogP contribution in [0.3, 0.4) is 0 Å². The lowest BCUT2D eigenvalue weighted by atomic mass is 10.1. The summed E-state index contributed by atoms with van der Waals surface area (Å²) < 4.78 is 18.8. The van der Waals surface area contributed by atoms with Gasteiger partial charge in [-0.05, 0) is 12.5 Å². The summed E-state index contributed by atoms with van der Waals surface area (Å²) in [4.78, 5) is 0. The standard InChI is InChI=1S/C14H21FO2/c1-2-3-4-5-6-10-17-14-12(11-16)8-7-9-13(14)15/h7-9,16H,2-6,10-11H2,1H3. The van der Waals surface area contributed by atoms with Crippen LogP contribution in [0.25, 0.3) is 0 Å². The largest absolute Gasteiger partial charge is 0.490 e. The third-order valence-corrected chi connectivity index (χ3v) is 2.71. The molecule has 1 N–H and O–H groups in total. The molecule has 0 aliphatic rings. The second kappa shape index (κ2) is 8.07. The monoisotopic (exact) mass is 240 g/mol. The molecule has 1 aromatic rings. The Morgan fingerprint density at radius 1 is 1.18 bits per heavy atom. The first kappa shape index (κ1) is 14.0. The quantitative estimate of drug-likeness (QED) is 0.702. The number of para-hydroxylation sites is 1. The van der Waals surface area contributed by atoms with Crippen molar-refractivity contribution in [3.8, 4) is 5.75 Å². The third-order valence-electron chi connectivity index (χ3n) is 2.71. The molecule has 0 aliphatic carbocycles. The molecule has 2 nitrogen and oxygen atoms in total. The van der Waals surface area contributed by atoms with Gasteiger partial charge in [-0.15, -0.1) is 0 Å². The van der Waals surface area contributed by atoms with Crippen molar-refractivity contribution in [3.63, 3.8) is 0 Å². The van der Waals surface area contributed by atoms with Crippen LogP contribution in [0.4, 0.5) is 4.39 Å². The van der Waals surface area contributed by atoms with Crippen molar-refractivity contribution in [2.24, 2.45) is 0 Å². The summed E-state index contributed by atoms with van der Waals surface area (Å²) in [7, 11) is 0. The number of halogens is 1. The van der Waals surface area contributed by atoms with E-state index in [0.29, 0.717) is 12.2 Å². The molecule has 0 saturated carbocycles. The summed E-state index contributed by atoms with van der Waals surface area (Å²) in [6.45, 7) is 2.49. The lowest BCUT2D eigenvalue weighted by Gasteiger charge is -2.10. The summed E-state index contributed by atoms with van der Waals surface area (Å²) in [5.74, 6) is -0.199. The van der Waals surface area contributed by atoms with Gasteiger partial charge in [0.25, 0.3) is 0 Å². The fourth-order valence-corrected chi connectivity index (χ4v) is 1.72. The highest BCUT2D eigenvalue weighted by atomic mass is 19.1. The average Bonchev–Trinajstić information content (AvgIpc) is 2.35. The molecule has 3 heteroatoms. The minimum Gasteiger partial charge on any atom is -0.490 e. The van der Waals surface area contributed by atoms with Gasteiger partial charge in [-0.25, -0.2) is 4.39 Å². The lowest BCUT2D eigenvalue weighted by Crippen LogP contribution is -2.02. The third kappa shape index (κ3) is 4.73. The van der Waals surface area contributed by atoms with E-state index in [1.807, 2.05) is 0 Å². The van der Waals surface area contributed by atoms with E-state index in [0.717, 1.165) is 12.8 Å². The first-order valence-corrected chi connectivity index (χ1v) is 6.30. The van der Waals surface area contributed by atoms with Crippen LogP contribution in [0.2, 0.25) is 0 Å². The molecule has 0 spiro atoms. The number of benzene rings is 1. The molecule has 0 unspecified atom stereocenters. The smallest absolute Gasteiger partial charge is 0.165 e. The van der Waals surface area contributed by atoms with Crippen LogP contribution in [0.1, 0.15) is 44.6 Å². The van der Waals surface area contributed by atoms with Crippen LogP contribution in [0.15, 0.2) is 18.2 Å². The molecule has 0 bridgehead atoms. The van der Waals surface area contributed by atoms with Gasteiger partial charge in [0.1, 0.15) is 0 Å². The van der Waals surface area contributed by atoms with E-state index < -0.39 is 5.82 Å². The summed E-state index contributed by atoms with van der Waals surface area (Å²) in [6, 6.07) is 4.61. The zero-order valence-electron chi connectivity index (χ0n) is 10.4. The molecular formula is C14H21FO2. The second-order valence-corrected chi connectivity index (χ2v) is 4.15. The van der Waals surface area contributed by atoms with E-state index in [2.05, 4.69) is 6.92 Å². The number of rotatable bonds is 8. The highest BCUT2D eigenvalue weighted by Crippen LogP contribution is 2.22. The molecule has 0 fully saturated rings. The van der Waals surface area contributed by atoms with Crippen LogP contribution >= 0.6 is 0 Å². The maximum absolute atomic E-state index is 13.4. The van der Waals surface area contributed by atoms with E-state index >= 15 is 0 Å². The molecule has 0 aliphatic heterocycles. The molecule has 0 heterocycles. The number of aliphatic hydroxyl groups is 1. The van der Waals surface area contributed by atoms with E-state index in [4.69, 9.17) is 9.84 Å². The summed E-state index contributed by atoms with van der Waals surface area (Å²) >= 11 is 0. The van der Waals surface area contributed by atoms with Crippen LogP contribution in [0, 0.1) is 5.82 Å². The van der Waals surface area contributed by atoms with Gasteiger partial charge in [-0.3, -0.25) is 0 Å². The molecule has 0 amide bonds. The first-order chi connectivity index (χ1) is 8.29. The Bertz CT molecular complexity index is 326. The number of unbranched alkanes of at least 4 members (excludes halogenated alkanes) is 4. The number of hydrogen-bond acceptors (Lipinski definition) is 2. The zero-order chi connectivity index (χ0) is 12.5. The minimum atomic E-state index is -0.398. The Hall–Kier alpha value is -1.09. The molecular weight excluding hydrogens is 219 g/mol. The highest BCUT2D eigenvalue weighted by Gasteiger charge is 2.08. The SMILES string of the molecule is CCCCCCCOc1c(F)cccc1CO. The van der Waals surface area contributed by atoms with Gasteiger partial charge in [0, 0.05) is 5.56 Å². The van der Waals surface area contributed by atoms with E-state index in [1.54, 1.807) is 12.1 Å². The van der Waals surface area contributed by atoms with Gasteiger partial charge in [0.05, 0.1) is 13.2 Å². The van der Waals surface area contributed by atoms with Crippen molar-refractivity contribution in [1.29, 1.82) is 0 Å². The average molecular weight is 240 g/mol. The fourth-order valence-electron chi connectivity index (χ4n) is 1.72. The Kier molecular flexibility index (Phi) is 6.63. The van der Waals surface area contributed by atoms with Crippen LogP contribution in [-0.2, 0) is 6.61 Å². The van der Waals surface area contributed by atoms with Gasteiger partial charge in [-0.1, -0.05) is 44.7 Å². The maximum atomic E-state index is 13.4. The molecule has 0 atom stereocenters. The van der Waals surface area contributed by atoms with Crippen molar-refractivity contribution in [1.82, 2.24) is 0 Å². The summed E-state index contributed by atoms with van der Waals surface area (Å²) in [5, 5.41) is 9.07. The van der Waals surface area contributed by atoms with Crippen molar-refractivity contribution in [3.05, 3.63) is 29.6 Å². The molecule has 0 radical (unpaired) electrons. The van der Waals surface area contributed by atoms with Crippen molar-refractivity contribution >= 4 is 0 Å². The van der Waals surface area contributed by atoms with Crippen molar-refractivity contribution in [2.75, 3.05) is 6.61 Å². The minimum absolute atomic E-state index is 0.192. The Morgan fingerprint density at radius 2 is 1.94 bits per heavy atom. The summed E-state index contributed by atoms with van der Waals surface area (Å²) in [5.41, 5.74) is 0.513. The van der Waals surface area contributed by atoms with Gasteiger partial charge >= 0.3 is 0 Å². The number of ether oxygens (including phenoxy) is 1. The Labute approximate surface area is 102 Å². The Balaban J connectivity index is 2.35. The number of hydrogen-bond donors (Lipinski definition) is 1. The van der Waals surface area contributed by atoms with Crippen LogP contribution in [-0.4, -0.2) is 11.7 Å². The van der Waals surface area contributed by atoms with Crippen molar-refractivity contribution in [2.45, 2.75) is 45.6 Å². The van der Waals surface area contributed by atoms with Gasteiger partial charge in [0.15, 0.2) is 11.6 Å². The number of aliphatic hydroxyl groups excluding tert-OH is 1. The van der Waals surface area contributed by atoms with Gasteiger partial charge in [0.2, 0.25) is 0 Å². The van der Waals surface area contributed by atoms with Crippen LogP contribution < -0.4 is 4.74 Å². The zero-order valence-corrected chi connectivity index (χ0v) is 10.4. The normalized spacial score (nSPS) is 10.5. The van der Waals surface area contributed by atoms with Crippen LogP contribution in [0.5, 0.6) is 5.75 Å². The molecule has 96 valence electrons. The topological polar surface area (TPSA) is 29.5 Å². The lowest BCUT2D eigenvalue weighted by molar-refractivity contribution is 0.252. The van der Waals surface area contributed by atoms with E-state index in [1.165, 1.54) is 25.3 Å². The first-order valence-electron chi connectivity index (χ1n) is 6.30. The van der Waals surface area contributed by atoms with E-state index in [9.17, 15) is 4.39 Å². The maximum Gasteiger partial charge on any atom is 0.165 e. The fraction of sp³-hybridized carbons (Fsp3) is 0.571. The predicted molar refractivity (Wildman–Crippen MR) is 66.6 cm³/mol. The molecule has 1 aromatic carbocycles. The predicted octanol–water partition coefficient (Wildman–Crippen LogP) is 3.67. The molecule has 17 heavy (non-hydrogen) atoms. The Morgan fingerprint density at radius 3 is 2.65 bits per heavy atom. The van der Waals surface area contributed by atoms with Gasteiger partial charge in [-0.2, -0.15) is 0 Å².